The summed E-state index contributed by atoms with van der Waals surface area (Å²) in [4.78, 5) is 0. The third-order valence-electron chi connectivity index (χ3n) is 2.17. The summed E-state index contributed by atoms with van der Waals surface area (Å²) in [6.45, 7) is 2.95. The average Bonchev–Trinajstić information content (AvgIpc) is 2.25. The highest BCUT2D eigenvalue weighted by Gasteiger charge is 2.02. The molecular weight excluding hydrogens is 229 g/mol. The third kappa shape index (κ3) is 4.70. The lowest BCUT2D eigenvalue weighted by Gasteiger charge is -2.12. The quantitative estimate of drug-likeness (QED) is 0.613. The van der Waals surface area contributed by atoms with Crippen molar-refractivity contribution in [1.82, 2.24) is 5.32 Å². The molecule has 15 heavy (non-hydrogen) atoms. The van der Waals surface area contributed by atoms with E-state index in [0.29, 0.717) is 11.9 Å². The van der Waals surface area contributed by atoms with Crippen LogP contribution in [0.2, 0.25) is 5.02 Å². The summed E-state index contributed by atoms with van der Waals surface area (Å²) in [5, 5.41) is 4.14. The topological polar surface area (TPSA) is 12.0 Å². The zero-order chi connectivity index (χ0) is 11.1. The number of hydrogen-bond donors (Lipinski definition) is 1. The molecule has 0 aliphatic rings. The molecule has 0 spiro atoms. The second-order valence-electron chi connectivity index (χ2n) is 3.31. The molecule has 0 unspecified atom stereocenters. The first-order valence-corrected chi connectivity index (χ1v) is 5.85. The van der Waals surface area contributed by atoms with Crippen molar-refractivity contribution >= 4 is 23.2 Å². The molecule has 0 amide bonds. The summed E-state index contributed by atoms with van der Waals surface area (Å²) in [5.74, 6) is 0.566. The van der Waals surface area contributed by atoms with Gasteiger partial charge in [-0.3, -0.25) is 0 Å². The molecule has 1 aromatic rings. The number of alkyl halides is 1. The van der Waals surface area contributed by atoms with Gasteiger partial charge in [0.2, 0.25) is 0 Å². The Morgan fingerprint density at radius 2 is 1.93 bits per heavy atom. The van der Waals surface area contributed by atoms with Gasteiger partial charge in [-0.1, -0.05) is 35.9 Å². The average molecular weight is 244 g/mol. The van der Waals surface area contributed by atoms with Crippen LogP contribution in [0, 0.1) is 0 Å². The van der Waals surface area contributed by atoms with Crippen LogP contribution in [0.3, 0.4) is 0 Å². The number of nitrogens with one attached hydrogen (secondary N) is 1. The van der Waals surface area contributed by atoms with Crippen molar-refractivity contribution in [3.05, 3.63) is 47.0 Å². The zero-order valence-corrected chi connectivity index (χ0v) is 10.2. The molecule has 82 valence electrons. The van der Waals surface area contributed by atoms with Gasteiger partial charge in [0.15, 0.2) is 0 Å². The molecule has 0 aromatic heterocycles. The maximum absolute atomic E-state index is 5.82. The maximum atomic E-state index is 5.82. The largest absolute Gasteiger partial charge is 0.307 e. The van der Waals surface area contributed by atoms with Gasteiger partial charge in [-0.25, -0.2) is 0 Å². The Morgan fingerprint density at radius 3 is 2.53 bits per heavy atom. The molecule has 0 bridgehead atoms. The van der Waals surface area contributed by atoms with E-state index in [1.54, 1.807) is 0 Å². The number of benzene rings is 1. The van der Waals surface area contributed by atoms with Gasteiger partial charge < -0.3 is 5.32 Å². The molecule has 3 heteroatoms. The molecule has 0 radical (unpaired) electrons. The minimum atomic E-state index is 0.322. The van der Waals surface area contributed by atoms with Crippen LogP contribution >= 0.6 is 23.2 Å². The van der Waals surface area contributed by atoms with E-state index in [1.807, 2.05) is 36.4 Å². The molecule has 1 atom stereocenters. The van der Waals surface area contributed by atoms with Crippen LogP contribution in [-0.2, 0) is 0 Å². The van der Waals surface area contributed by atoms with Crippen LogP contribution in [0.1, 0.15) is 18.5 Å². The van der Waals surface area contributed by atoms with Gasteiger partial charge in [0.25, 0.3) is 0 Å². The van der Waals surface area contributed by atoms with Crippen molar-refractivity contribution in [2.24, 2.45) is 0 Å². The van der Waals surface area contributed by atoms with Crippen LogP contribution in [0.5, 0.6) is 0 Å². The molecule has 1 rings (SSSR count). The highest BCUT2D eigenvalue weighted by atomic mass is 35.5. The standard InChI is InChI=1S/C12H15Cl2N/c1-10(15-9-3-2-8-13)11-4-6-12(14)7-5-11/h2-7,10,15H,8-9H2,1H3/b3-2+/t10-/m0/s1. The van der Waals surface area contributed by atoms with E-state index in [9.17, 15) is 0 Å². The predicted octanol–water partition coefficient (Wildman–Crippen LogP) is 3.79. The second kappa shape index (κ2) is 6.89. The molecule has 0 saturated carbocycles. The fraction of sp³-hybridized carbons (Fsp3) is 0.333. The van der Waals surface area contributed by atoms with E-state index >= 15 is 0 Å². The highest BCUT2D eigenvalue weighted by molar-refractivity contribution is 6.30. The Hall–Kier alpha value is -0.500. The Bertz CT molecular complexity index is 306. The SMILES string of the molecule is C[C@H](NC/C=C/CCl)c1ccc(Cl)cc1. The van der Waals surface area contributed by atoms with Crippen LogP contribution in [-0.4, -0.2) is 12.4 Å². The first-order valence-electron chi connectivity index (χ1n) is 4.94. The summed E-state index contributed by atoms with van der Waals surface area (Å²) < 4.78 is 0. The normalized spacial score (nSPS) is 13.3. The fourth-order valence-corrected chi connectivity index (χ4v) is 1.51. The predicted molar refractivity (Wildman–Crippen MR) is 67.7 cm³/mol. The maximum Gasteiger partial charge on any atom is 0.0406 e. The smallest absolute Gasteiger partial charge is 0.0406 e. The molecular formula is C12H15Cl2N. The summed E-state index contributed by atoms with van der Waals surface area (Å²) in [6.07, 6.45) is 3.96. The van der Waals surface area contributed by atoms with Crippen molar-refractivity contribution in [3.63, 3.8) is 0 Å². The molecule has 0 fully saturated rings. The van der Waals surface area contributed by atoms with E-state index in [-0.39, 0.29) is 0 Å². The first kappa shape index (κ1) is 12.6. The van der Waals surface area contributed by atoms with E-state index in [0.717, 1.165) is 11.6 Å². The van der Waals surface area contributed by atoms with Crippen LogP contribution in [0.25, 0.3) is 0 Å². The number of halogens is 2. The van der Waals surface area contributed by atoms with Gasteiger partial charge in [0.05, 0.1) is 0 Å². The summed E-state index contributed by atoms with van der Waals surface area (Å²) in [7, 11) is 0. The van der Waals surface area contributed by atoms with E-state index < -0.39 is 0 Å². The van der Waals surface area contributed by atoms with E-state index in [1.165, 1.54) is 5.56 Å². The van der Waals surface area contributed by atoms with Crippen LogP contribution in [0.4, 0.5) is 0 Å². The minimum Gasteiger partial charge on any atom is -0.307 e. The Balaban J connectivity index is 2.43. The van der Waals surface area contributed by atoms with Gasteiger partial charge >= 0.3 is 0 Å². The Morgan fingerprint density at radius 1 is 1.27 bits per heavy atom. The molecule has 1 nitrogen and oxygen atoms in total. The zero-order valence-electron chi connectivity index (χ0n) is 8.71. The Kier molecular flexibility index (Phi) is 5.77. The summed E-state index contributed by atoms with van der Waals surface area (Å²) in [5.41, 5.74) is 1.23. The van der Waals surface area contributed by atoms with Gasteiger partial charge in [0.1, 0.15) is 0 Å². The monoisotopic (exact) mass is 243 g/mol. The van der Waals surface area contributed by atoms with E-state index in [2.05, 4.69) is 12.2 Å². The summed E-state index contributed by atoms with van der Waals surface area (Å²) in [6, 6.07) is 8.20. The lowest BCUT2D eigenvalue weighted by atomic mass is 10.1. The minimum absolute atomic E-state index is 0.322. The highest BCUT2D eigenvalue weighted by Crippen LogP contribution is 2.15. The molecule has 0 saturated heterocycles. The van der Waals surface area contributed by atoms with Gasteiger partial charge in [-0.2, -0.15) is 0 Å². The van der Waals surface area contributed by atoms with Crippen molar-refractivity contribution in [2.45, 2.75) is 13.0 Å². The Labute approximate surface area is 101 Å². The van der Waals surface area contributed by atoms with Crippen molar-refractivity contribution in [2.75, 3.05) is 12.4 Å². The van der Waals surface area contributed by atoms with Crippen LogP contribution in [0.15, 0.2) is 36.4 Å². The van der Waals surface area contributed by atoms with Crippen molar-refractivity contribution in [1.29, 1.82) is 0 Å². The molecule has 1 aromatic carbocycles. The number of hydrogen-bond acceptors (Lipinski definition) is 1. The number of rotatable bonds is 5. The van der Waals surface area contributed by atoms with Gasteiger partial charge in [-0.15, -0.1) is 11.6 Å². The van der Waals surface area contributed by atoms with Gasteiger partial charge in [-0.05, 0) is 24.6 Å². The van der Waals surface area contributed by atoms with E-state index in [4.69, 9.17) is 23.2 Å². The lowest BCUT2D eigenvalue weighted by molar-refractivity contribution is 0.617. The van der Waals surface area contributed by atoms with Crippen molar-refractivity contribution in [3.8, 4) is 0 Å². The molecule has 1 N–H and O–H groups in total. The summed E-state index contributed by atoms with van der Waals surface area (Å²) >= 11 is 11.3. The third-order valence-corrected chi connectivity index (χ3v) is 2.60. The van der Waals surface area contributed by atoms with Gasteiger partial charge in [0, 0.05) is 23.5 Å². The first-order chi connectivity index (χ1) is 7.24. The second-order valence-corrected chi connectivity index (χ2v) is 4.05. The fourth-order valence-electron chi connectivity index (χ4n) is 1.26. The molecule has 0 heterocycles. The molecule has 0 aliphatic carbocycles. The lowest BCUT2D eigenvalue weighted by Crippen LogP contribution is -2.18. The van der Waals surface area contributed by atoms with Crippen molar-refractivity contribution < 1.29 is 0 Å². The van der Waals surface area contributed by atoms with Crippen LogP contribution < -0.4 is 5.32 Å². The number of allylic oxidation sites excluding steroid dienone is 1. The molecule has 0 aliphatic heterocycles.